The maximum absolute atomic E-state index is 6.11. The Morgan fingerprint density at radius 3 is 2.76 bits per heavy atom. The molecule has 2 aliphatic rings. The van der Waals surface area contributed by atoms with Crippen molar-refractivity contribution in [1.29, 1.82) is 0 Å². The molecule has 4 nitrogen and oxygen atoms in total. The van der Waals surface area contributed by atoms with Crippen LogP contribution in [0.3, 0.4) is 0 Å². The molecule has 0 aliphatic carbocycles. The monoisotopic (exact) mass is 386 g/mol. The smallest absolute Gasteiger partial charge is 0.138 e. The Kier molecular flexibility index (Phi) is 5.29. The summed E-state index contributed by atoms with van der Waals surface area (Å²) in [4.78, 5) is 4.38. The first-order valence-corrected chi connectivity index (χ1v) is 10.4. The molecule has 1 aromatic heterocycles. The number of nitrogens with zero attached hydrogens (tertiary/aromatic N) is 1. The molecule has 5 rings (SSSR count). The second kappa shape index (κ2) is 8.36. The molecule has 0 bridgehead atoms. The molecule has 29 heavy (non-hydrogen) atoms. The highest BCUT2D eigenvalue weighted by atomic mass is 16.5. The van der Waals surface area contributed by atoms with Gasteiger partial charge in [0.25, 0.3) is 0 Å². The number of ether oxygens (including phenoxy) is 2. The lowest BCUT2D eigenvalue weighted by Crippen LogP contribution is -2.46. The average molecular weight is 386 g/mol. The molecule has 3 heterocycles. The van der Waals surface area contributed by atoms with Crippen molar-refractivity contribution in [3.05, 3.63) is 83.7 Å². The summed E-state index contributed by atoms with van der Waals surface area (Å²) in [5.74, 6) is 0.828. The van der Waals surface area contributed by atoms with E-state index in [0.717, 1.165) is 30.7 Å². The van der Waals surface area contributed by atoms with Gasteiger partial charge in [-0.1, -0.05) is 48.5 Å². The molecule has 4 heteroatoms. The van der Waals surface area contributed by atoms with Crippen molar-refractivity contribution in [1.82, 2.24) is 10.3 Å². The molecule has 2 atom stereocenters. The average Bonchev–Trinajstić information content (AvgIpc) is 2.73. The predicted octanol–water partition coefficient (Wildman–Crippen LogP) is 4.17. The Labute approximate surface area is 171 Å². The third kappa shape index (κ3) is 4.34. The number of benzene rings is 2. The van der Waals surface area contributed by atoms with Crippen molar-refractivity contribution in [2.75, 3.05) is 13.2 Å². The molecule has 1 fully saturated rings. The first kappa shape index (κ1) is 18.3. The van der Waals surface area contributed by atoms with Crippen molar-refractivity contribution in [2.24, 2.45) is 0 Å². The number of hydrogen-bond acceptors (Lipinski definition) is 4. The van der Waals surface area contributed by atoms with Crippen LogP contribution in [-0.4, -0.2) is 30.3 Å². The van der Waals surface area contributed by atoms with Crippen molar-refractivity contribution >= 4 is 0 Å². The Morgan fingerprint density at radius 2 is 1.90 bits per heavy atom. The minimum Gasteiger partial charge on any atom is -0.490 e. The van der Waals surface area contributed by atoms with Crippen LogP contribution in [0.15, 0.2) is 67.0 Å². The van der Waals surface area contributed by atoms with E-state index < -0.39 is 0 Å². The quantitative estimate of drug-likeness (QED) is 0.690. The highest BCUT2D eigenvalue weighted by molar-refractivity contribution is 5.64. The van der Waals surface area contributed by atoms with Gasteiger partial charge in [0.05, 0.1) is 18.9 Å². The molecule has 3 aromatic rings. The zero-order valence-electron chi connectivity index (χ0n) is 16.5. The lowest BCUT2D eigenvalue weighted by Gasteiger charge is -2.27. The Bertz CT molecular complexity index is 984. The van der Waals surface area contributed by atoms with E-state index in [1.807, 2.05) is 6.20 Å². The predicted molar refractivity (Wildman–Crippen MR) is 114 cm³/mol. The Hall–Kier alpha value is -2.69. The Morgan fingerprint density at radius 1 is 1.00 bits per heavy atom. The first-order chi connectivity index (χ1) is 14.3. The molecule has 0 amide bonds. The SMILES string of the molecule is c1cc(CC2Cc3ccccc3CO2)cc(-c2cncc(OCC3CCN3)c2)c1. The van der Waals surface area contributed by atoms with Crippen molar-refractivity contribution in [3.63, 3.8) is 0 Å². The van der Waals surface area contributed by atoms with Crippen LogP contribution in [0.4, 0.5) is 0 Å². The van der Waals surface area contributed by atoms with E-state index in [2.05, 4.69) is 64.9 Å². The number of aromatic nitrogens is 1. The van der Waals surface area contributed by atoms with Crippen molar-refractivity contribution < 1.29 is 9.47 Å². The van der Waals surface area contributed by atoms with Gasteiger partial charge in [0.2, 0.25) is 0 Å². The fraction of sp³-hybridized carbons (Fsp3) is 0.320. The zero-order chi connectivity index (χ0) is 19.5. The van der Waals surface area contributed by atoms with E-state index in [1.54, 1.807) is 6.20 Å². The lowest BCUT2D eigenvalue weighted by atomic mass is 9.94. The van der Waals surface area contributed by atoms with Crippen LogP contribution in [0.1, 0.15) is 23.1 Å². The summed E-state index contributed by atoms with van der Waals surface area (Å²) in [7, 11) is 0. The number of pyridine rings is 1. The summed E-state index contributed by atoms with van der Waals surface area (Å²) >= 11 is 0. The molecule has 2 unspecified atom stereocenters. The largest absolute Gasteiger partial charge is 0.490 e. The van der Waals surface area contributed by atoms with Crippen LogP contribution in [0.2, 0.25) is 0 Å². The van der Waals surface area contributed by atoms with Gasteiger partial charge in [-0.05, 0) is 54.1 Å². The molecule has 1 N–H and O–H groups in total. The summed E-state index contributed by atoms with van der Waals surface area (Å²) in [5.41, 5.74) is 6.27. The van der Waals surface area contributed by atoms with Crippen molar-refractivity contribution in [3.8, 4) is 16.9 Å². The van der Waals surface area contributed by atoms with E-state index in [0.29, 0.717) is 19.3 Å². The first-order valence-electron chi connectivity index (χ1n) is 10.4. The van der Waals surface area contributed by atoms with Crippen LogP contribution < -0.4 is 10.1 Å². The third-order valence-electron chi connectivity index (χ3n) is 5.85. The highest BCUT2D eigenvalue weighted by Crippen LogP contribution is 2.26. The topological polar surface area (TPSA) is 43.4 Å². The molecular weight excluding hydrogens is 360 g/mol. The van der Waals surface area contributed by atoms with E-state index >= 15 is 0 Å². The van der Waals surface area contributed by atoms with Gasteiger partial charge in [-0.15, -0.1) is 0 Å². The number of hydrogen-bond donors (Lipinski definition) is 1. The summed E-state index contributed by atoms with van der Waals surface area (Å²) < 4.78 is 12.0. The van der Waals surface area contributed by atoms with E-state index in [1.165, 1.54) is 28.7 Å². The van der Waals surface area contributed by atoms with Gasteiger partial charge in [-0.25, -0.2) is 0 Å². The van der Waals surface area contributed by atoms with Crippen molar-refractivity contribution in [2.45, 2.75) is 38.0 Å². The summed E-state index contributed by atoms with van der Waals surface area (Å²) in [6.45, 7) is 2.50. The van der Waals surface area contributed by atoms with Crippen LogP contribution in [0.5, 0.6) is 5.75 Å². The summed E-state index contributed by atoms with van der Waals surface area (Å²) in [5, 5.41) is 3.36. The molecule has 0 spiro atoms. The van der Waals surface area contributed by atoms with Gasteiger partial charge in [0.15, 0.2) is 0 Å². The van der Waals surface area contributed by atoms with Crippen LogP contribution in [0, 0.1) is 0 Å². The minimum atomic E-state index is 0.225. The van der Waals surface area contributed by atoms with Gasteiger partial charge < -0.3 is 14.8 Å². The van der Waals surface area contributed by atoms with Crippen LogP contribution in [0.25, 0.3) is 11.1 Å². The van der Waals surface area contributed by atoms with E-state index in [9.17, 15) is 0 Å². The fourth-order valence-corrected chi connectivity index (χ4v) is 4.02. The third-order valence-corrected chi connectivity index (χ3v) is 5.85. The highest BCUT2D eigenvalue weighted by Gasteiger charge is 2.19. The molecular formula is C25H26N2O2. The zero-order valence-corrected chi connectivity index (χ0v) is 16.5. The van der Waals surface area contributed by atoms with Gasteiger partial charge in [-0.3, -0.25) is 4.98 Å². The van der Waals surface area contributed by atoms with Crippen LogP contribution >= 0.6 is 0 Å². The van der Waals surface area contributed by atoms with Gasteiger partial charge in [0, 0.05) is 17.8 Å². The van der Waals surface area contributed by atoms with Gasteiger partial charge in [-0.2, -0.15) is 0 Å². The standard InChI is InChI=1S/C25H26N2O2/c1-2-6-21-16-28-24(12-20(21)5-1)11-18-4-3-7-19(10-18)22-13-25(15-26-14-22)29-17-23-8-9-27-23/h1-7,10,13-15,23-24,27H,8-9,11-12,16-17H2. The lowest BCUT2D eigenvalue weighted by molar-refractivity contribution is 0.0290. The number of nitrogens with one attached hydrogen (secondary N) is 1. The second-order valence-corrected chi connectivity index (χ2v) is 7.97. The molecule has 148 valence electrons. The fourth-order valence-electron chi connectivity index (χ4n) is 4.02. The minimum absolute atomic E-state index is 0.225. The summed E-state index contributed by atoms with van der Waals surface area (Å²) in [6.07, 6.45) is 6.99. The normalized spacial score (nSPS) is 20.6. The second-order valence-electron chi connectivity index (χ2n) is 7.97. The summed E-state index contributed by atoms with van der Waals surface area (Å²) in [6, 6.07) is 19.8. The Balaban J connectivity index is 1.27. The molecule has 0 saturated carbocycles. The molecule has 2 aliphatic heterocycles. The maximum atomic E-state index is 6.11. The molecule has 0 radical (unpaired) electrons. The van der Waals surface area contributed by atoms with E-state index in [4.69, 9.17) is 9.47 Å². The molecule has 1 saturated heterocycles. The maximum Gasteiger partial charge on any atom is 0.138 e. The van der Waals surface area contributed by atoms with Gasteiger partial charge >= 0.3 is 0 Å². The number of fused-ring (bicyclic) bond motifs is 1. The molecule has 2 aromatic carbocycles. The van der Waals surface area contributed by atoms with Crippen LogP contribution in [-0.2, 0) is 24.2 Å². The number of rotatable bonds is 6. The van der Waals surface area contributed by atoms with E-state index in [-0.39, 0.29) is 6.10 Å². The van der Waals surface area contributed by atoms with Gasteiger partial charge in [0.1, 0.15) is 12.4 Å².